The number of carbonyl (C=O) groups is 1. The van der Waals surface area contributed by atoms with Crippen molar-refractivity contribution in [2.24, 2.45) is 4.99 Å². The number of nitrogens with zero attached hydrogens (tertiary/aromatic N) is 2. The number of guanidine groups is 1. The van der Waals surface area contributed by atoms with Crippen molar-refractivity contribution in [3.8, 4) is 0 Å². The van der Waals surface area contributed by atoms with E-state index in [1.54, 1.807) is 18.4 Å². The van der Waals surface area contributed by atoms with E-state index in [0.29, 0.717) is 19.0 Å². The Morgan fingerprint density at radius 1 is 1.23 bits per heavy atom. The standard InChI is InChI=1S/C23H33N5O2S/c1-3-6-22(29)27-19-8-4-7-18(15-19)16-25-23(24-2)26-17-20(21-9-5-14-31-21)28-10-12-30-13-11-28/h4-5,7-9,14-15,20H,3,6,10-13,16-17H2,1-2H3,(H,27,29)(H2,24,25,26). The molecule has 1 aliphatic rings. The molecule has 0 radical (unpaired) electrons. The second-order valence-electron chi connectivity index (χ2n) is 7.48. The minimum absolute atomic E-state index is 0.0489. The van der Waals surface area contributed by atoms with Gasteiger partial charge in [-0.05, 0) is 35.6 Å². The van der Waals surface area contributed by atoms with Gasteiger partial charge in [0.1, 0.15) is 0 Å². The molecule has 0 spiro atoms. The molecule has 1 fully saturated rings. The minimum Gasteiger partial charge on any atom is -0.379 e. The van der Waals surface area contributed by atoms with Crippen LogP contribution in [0.5, 0.6) is 0 Å². The zero-order chi connectivity index (χ0) is 21.9. The van der Waals surface area contributed by atoms with Gasteiger partial charge in [0, 0.05) is 50.2 Å². The van der Waals surface area contributed by atoms with Crippen molar-refractivity contribution in [1.82, 2.24) is 15.5 Å². The van der Waals surface area contributed by atoms with Crippen molar-refractivity contribution in [1.29, 1.82) is 0 Å². The number of morpholine rings is 1. The van der Waals surface area contributed by atoms with Gasteiger partial charge in [0.15, 0.2) is 5.96 Å². The maximum absolute atomic E-state index is 11.8. The second-order valence-corrected chi connectivity index (χ2v) is 8.46. The van der Waals surface area contributed by atoms with E-state index >= 15 is 0 Å². The molecule has 1 amide bonds. The first kappa shape index (κ1) is 23.2. The van der Waals surface area contributed by atoms with Crippen LogP contribution < -0.4 is 16.0 Å². The molecule has 168 valence electrons. The number of aliphatic imine (C=N–C) groups is 1. The van der Waals surface area contributed by atoms with E-state index in [1.807, 2.05) is 31.2 Å². The highest BCUT2D eigenvalue weighted by molar-refractivity contribution is 7.10. The number of hydrogen-bond donors (Lipinski definition) is 3. The van der Waals surface area contributed by atoms with Crippen molar-refractivity contribution in [2.75, 3.05) is 45.2 Å². The van der Waals surface area contributed by atoms with Crippen LogP contribution in [0.4, 0.5) is 5.69 Å². The van der Waals surface area contributed by atoms with E-state index in [1.165, 1.54) is 4.88 Å². The molecule has 1 aromatic heterocycles. The quantitative estimate of drug-likeness (QED) is 0.410. The summed E-state index contributed by atoms with van der Waals surface area (Å²) >= 11 is 1.79. The van der Waals surface area contributed by atoms with E-state index in [-0.39, 0.29) is 5.91 Å². The average molecular weight is 444 g/mol. The first-order chi connectivity index (χ1) is 15.2. The molecule has 1 saturated heterocycles. The lowest BCUT2D eigenvalue weighted by Gasteiger charge is -2.34. The van der Waals surface area contributed by atoms with Gasteiger partial charge in [0.05, 0.1) is 19.3 Å². The van der Waals surface area contributed by atoms with Crippen LogP contribution in [0, 0.1) is 0 Å². The molecule has 3 rings (SSSR count). The number of amides is 1. The van der Waals surface area contributed by atoms with Crippen molar-refractivity contribution in [3.63, 3.8) is 0 Å². The Hall–Kier alpha value is -2.42. The summed E-state index contributed by atoms with van der Waals surface area (Å²) in [5.41, 5.74) is 1.91. The number of benzene rings is 1. The Balaban J connectivity index is 1.54. The van der Waals surface area contributed by atoms with Crippen LogP contribution in [0.3, 0.4) is 0 Å². The lowest BCUT2D eigenvalue weighted by atomic mass is 10.2. The summed E-state index contributed by atoms with van der Waals surface area (Å²) < 4.78 is 5.53. The molecular weight excluding hydrogens is 410 g/mol. The van der Waals surface area contributed by atoms with Gasteiger partial charge in [0.2, 0.25) is 5.91 Å². The number of hydrogen-bond acceptors (Lipinski definition) is 5. The first-order valence-electron chi connectivity index (χ1n) is 10.9. The van der Waals surface area contributed by atoms with E-state index in [9.17, 15) is 4.79 Å². The Morgan fingerprint density at radius 2 is 2.06 bits per heavy atom. The molecule has 2 aromatic rings. The number of ether oxygens (including phenoxy) is 1. The fraction of sp³-hybridized carbons (Fsp3) is 0.478. The summed E-state index contributed by atoms with van der Waals surface area (Å²) in [5, 5.41) is 11.9. The molecule has 8 heteroatoms. The minimum atomic E-state index is 0.0489. The molecule has 31 heavy (non-hydrogen) atoms. The van der Waals surface area contributed by atoms with Crippen molar-refractivity contribution >= 4 is 28.9 Å². The van der Waals surface area contributed by atoms with Crippen molar-refractivity contribution < 1.29 is 9.53 Å². The molecule has 3 N–H and O–H groups in total. The highest BCUT2D eigenvalue weighted by Crippen LogP contribution is 2.25. The van der Waals surface area contributed by atoms with Crippen LogP contribution >= 0.6 is 11.3 Å². The van der Waals surface area contributed by atoms with Gasteiger partial charge in [-0.3, -0.25) is 14.7 Å². The highest BCUT2D eigenvalue weighted by Gasteiger charge is 2.23. The maximum Gasteiger partial charge on any atom is 0.224 e. The Morgan fingerprint density at radius 3 is 2.77 bits per heavy atom. The maximum atomic E-state index is 11.8. The summed E-state index contributed by atoms with van der Waals surface area (Å²) in [7, 11) is 1.78. The Kier molecular flexibility index (Phi) is 9.33. The smallest absolute Gasteiger partial charge is 0.224 e. The fourth-order valence-electron chi connectivity index (χ4n) is 3.59. The lowest BCUT2D eigenvalue weighted by Crippen LogP contribution is -2.46. The molecule has 1 unspecified atom stereocenters. The molecule has 0 bridgehead atoms. The average Bonchev–Trinajstić information content (AvgIpc) is 3.32. The third-order valence-corrected chi connectivity index (χ3v) is 6.17. The van der Waals surface area contributed by atoms with Crippen LogP contribution in [-0.4, -0.2) is 56.7 Å². The van der Waals surface area contributed by atoms with Gasteiger partial charge in [-0.2, -0.15) is 0 Å². The second kappa shape index (κ2) is 12.4. The predicted molar refractivity (Wildman–Crippen MR) is 128 cm³/mol. The van der Waals surface area contributed by atoms with E-state index in [0.717, 1.165) is 56.5 Å². The molecule has 0 aliphatic carbocycles. The summed E-state index contributed by atoms with van der Waals surface area (Å²) in [6, 6.07) is 12.5. The van der Waals surface area contributed by atoms with E-state index < -0.39 is 0 Å². The molecule has 0 saturated carbocycles. The predicted octanol–water partition coefficient (Wildman–Crippen LogP) is 3.23. The van der Waals surface area contributed by atoms with Crippen molar-refractivity contribution in [3.05, 3.63) is 52.2 Å². The number of nitrogens with one attached hydrogen (secondary N) is 3. The van der Waals surface area contributed by atoms with Gasteiger partial charge < -0.3 is 20.7 Å². The monoisotopic (exact) mass is 443 g/mol. The van der Waals surface area contributed by atoms with Gasteiger partial charge >= 0.3 is 0 Å². The van der Waals surface area contributed by atoms with Crippen LogP contribution in [0.15, 0.2) is 46.8 Å². The zero-order valence-corrected chi connectivity index (χ0v) is 19.2. The van der Waals surface area contributed by atoms with E-state index in [4.69, 9.17) is 4.74 Å². The van der Waals surface area contributed by atoms with Gasteiger partial charge in [-0.25, -0.2) is 0 Å². The Labute approximate surface area is 188 Å². The van der Waals surface area contributed by atoms with Gasteiger partial charge in [-0.1, -0.05) is 25.1 Å². The zero-order valence-electron chi connectivity index (χ0n) is 18.4. The molecule has 2 heterocycles. The fourth-order valence-corrected chi connectivity index (χ4v) is 4.45. The van der Waals surface area contributed by atoms with Gasteiger partial charge in [-0.15, -0.1) is 11.3 Å². The van der Waals surface area contributed by atoms with Crippen LogP contribution in [0.25, 0.3) is 0 Å². The van der Waals surface area contributed by atoms with Crippen molar-refractivity contribution in [2.45, 2.75) is 32.4 Å². The topological polar surface area (TPSA) is 78.0 Å². The molecule has 1 aromatic carbocycles. The largest absolute Gasteiger partial charge is 0.379 e. The first-order valence-corrected chi connectivity index (χ1v) is 11.8. The summed E-state index contributed by atoms with van der Waals surface area (Å²) in [6.07, 6.45) is 1.37. The third kappa shape index (κ3) is 7.34. The number of thiophene rings is 1. The molecule has 1 aliphatic heterocycles. The van der Waals surface area contributed by atoms with Gasteiger partial charge in [0.25, 0.3) is 0 Å². The number of rotatable bonds is 9. The number of anilines is 1. The lowest BCUT2D eigenvalue weighted by molar-refractivity contribution is -0.116. The summed E-state index contributed by atoms with van der Waals surface area (Å²) in [6.45, 7) is 6.83. The van der Waals surface area contributed by atoms with E-state index in [2.05, 4.69) is 43.4 Å². The molecule has 7 nitrogen and oxygen atoms in total. The molecule has 1 atom stereocenters. The van der Waals surface area contributed by atoms with Crippen LogP contribution in [-0.2, 0) is 16.1 Å². The summed E-state index contributed by atoms with van der Waals surface area (Å²) in [5.74, 6) is 0.808. The third-order valence-electron chi connectivity index (χ3n) is 5.19. The summed E-state index contributed by atoms with van der Waals surface area (Å²) in [4.78, 5) is 20.0. The normalized spacial score (nSPS) is 16.0. The Bertz CT molecular complexity index is 834. The SMILES string of the molecule is CCCC(=O)Nc1cccc(CNC(=NC)NCC(c2cccs2)N2CCOCC2)c1. The number of carbonyl (C=O) groups excluding carboxylic acids is 1. The molecular formula is C23H33N5O2S. The van der Waals surface area contributed by atoms with Crippen LogP contribution in [0.1, 0.15) is 36.2 Å². The highest BCUT2D eigenvalue weighted by atomic mass is 32.1. The van der Waals surface area contributed by atoms with Crippen LogP contribution in [0.2, 0.25) is 0 Å².